The zero-order chi connectivity index (χ0) is 15.6. The molecule has 0 spiro atoms. The molecule has 3 rings (SSSR count). The SMILES string of the molecule is CCC(O)(CC)c1ccc([S+]2CCCCC2)c2ccccc12. The summed E-state index contributed by atoms with van der Waals surface area (Å²) in [5, 5.41) is 13.6. The zero-order valence-electron chi connectivity index (χ0n) is 13.8. The van der Waals surface area contributed by atoms with Crippen molar-refractivity contribution in [1.82, 2.24) is 0 Å². The fourth-order valence-electron chi connectivity index (χ4n) is 3.61. The van der Waals surface area contributed by atoms with Crippen molar-refractivity contribution in [3.63, 3.8) is 0 Å². The Morgan fingerprint density at radius 3 is 2.18 bits per heavy atom. The molecular formula is C20H27OS+. The Bertz CT molecular complexity index is 639. The summed E-state index contributed by atoms with van der Waals surface area (Å²) in [6, 6.07) is 13.2. The van der Waals surface area contributed by atoms with Crippen molar-refractivity contribution in [2.24, 2.45) is 0 Å². The van der Waals surface area contributed by atoms with Gasteiger partial charge in [-0.15, -0.1) is 0 Å². The summed E-state index contributed by atoms with van der Waals surface area (Å²) in [5.41, 5.74) is 0.408. The topological polar surface area (TPSA) is 20.2 Å². The molecule has 0 amide bonds. The van der Waals surface area contributed by atoms with Gasteiger partial charge in [-0.25, -0.2) is 0 Å². The van der Waals surface area contributed by atoms with E-state index >= 15 is 0 Å². The van der Waals surface area contributed by atoms with E-state index in [1.807, 2.05) is 0 Å². The molecule has 0 bridgehead atoms. The first-order chi connectivity index (χ1) is 10.7. The Kier molecular flexibility index (Phi) is 4.79. The van der Waals surface area contributed by atoms with Crippen molar-refractivity contribution >= 4 is 21.7 Å². The molecule has 2 aromatic rings. The fourth-order valence-corrected chi connectivity index (χ4v) is 6.11. The molecule has 0 radical (unpaired) electrons. The molecule has 2 aromatic carbocycles. The number of aliphatic hydroxyl groups is 1. The maximum Gasteiger partial charge on any atom is 0.162 e. The van der Waals surface area contributed by atoms with Crippen molar-refractivity contribution < 1.29 is 5.11 Å². The van der Waals surface area contributed by atoms with E-state index in [1.165, 1.54) is 46.4 Å². The first-order valence-electron chi connectivity index (χ1n) is 8.61. The third-order valence-corrected chi connectivity index (χ3v) is 7.69. The highest BCUT2D eigenvalue weighted by molar-refractivity contribution is 7.97. The fraction of sp³-hybridized carbons (Fsp3) is 0.500. The summed E-state index contributed by atoms with van der Waals surface area (Å²) in [7, 11) is 0.397. The van der Waals surface area contributed by atoms with Gasteiger partial charge >= 0.3 is 0 Å². The van der Waals surface area contributed by atoms with Gasteiger partial charge in [0.2, 0.25) is 0 Å². The number of fused-ring (bicyclic) bond motifs is 1. The Hall–Kier alpha value is -0.990. The molecule has 0 atom stereocenters. The Labute approximate surface area is 137 Å². The van der Waals surface area contributed by atoms with E-state index in [9.17, 15) is 5.11 Å². The van der Waals surface area contributed by atoms with E-state index < -0.39 is 5.60 Å². The second kappa shape index (κ2) is 6.64. The number of hydrogen-bond acceptors (Lipinski definition) is 1. The maximum absolute atomic E-state index is 11.0. The van der Waals surface area contributed by atoms with Crippen LogP contribution in [-0.4, -0.2) is 16.6 Å². The van der Waals surface area contributed by atoms with Gasteiger partial charge in [-0.1, -0.05) is 38.1 Å². The van der Waals surface area contributed by atoms with E-state index in [2.05, 4.69) is 50.2 Å². The van der Waals surface area contributed by atoms with Crippen molar-refractivity contribution in [2.75, 3.05) is 11.5 Å². The molecule has 0 unspecified atom stereocenters. The molecule has 0 aromatic heterocycles. The lowest BCUT2D eigenvalue weighted by Crippen LogP contribution is -2.24. The number of benzene rings is 2. The minimum atomic E-state index is -0.701. The van der Waals surface area contributed by atoms with Crippen LogP contribution in [0.15, 0.2) is 41.3 Å². The van der Waals surface area contributed by atoms with Crippen LogP contribution in [0, 0.1) is 0 Å². The Balaban J connectivity index is 2.14. The van der Waals surface area contributed by atoms with Gasteiger partial charge in [0, 0.05) is 16.3 Å². The maximum atomic E-state index is 11.0. The lowest BCUT2D eigenvalue weighted by atomic mass is 9.85. The first-order valence-corrected chi connectivity index (χ1v) is 10.2. The van der Waals surface area contributed by atoms with Gasteiger partial charge in [-0.2, -0.15) is 0 Å². The molecule has 0 aliphatic carbocycles. The van der Waals surface area contributed by atoms with Gasteiger partial charge in [-0.3, -0.25) is 0 Å². The van der Waals surface area contributed by atoms with Crippen LogP contribution in [0.4, 0.5) is 0 Å². The quantitative estimate of drug-likeness (QED) is 0.786. The van der Waals surface area contributed by atoms with E-state index in [-0.39, 0.29) is 0 Å². The van der Waals surface area contributed by atoms with Crippen LogP contribution in [-0.2, 0) is 16.5 Å². The lowest BCUT2D eigenvalue weighted by Gasteiger charge is -2.28. The van der Waals surface area contributed by atoms with Crippen molar-refractivity contribution in [3.05, 3.63) is 42.0 Å². The standard InChI is InChI=1S/C20H27OS/c1-3-20(21,4-2)18-12-13-19(22-14-8-5-9-15-22)17-11-7-6-10-16(17)18/h6-7,10-13,21H,3-5,8-9,14-15H2,1-2H3/q+1. The van der Waals surface area contributed by atoms with Gasteiger partial charge in [-0.05, 0) is 55.2 Å². The highest BCUT2D eigenvalue weighted by Crippen LogP contribution is 2.37. The van der Waals surface area contributed by atoms with Crippen molar-refractivity contribution in [2.45, 2.75) is 56.4 Å². The Morgan fingerprint density at radius 2 is 1.55 bits per heavy atom. The third-order valence-electron chi connectivity index (χ3n) is 5.15. The smallest absolute Gasteiger partial charge is 0.162 e. The second-order valence-corrected chi connectivity index (χ2v) is 8.60. The van der Waals surface area contributed by atoms with Crippen LogP contribution >= 0.6 is 0 Å². The molecule has 1 fully saturated rings. The second-order valence-electron chi connectivity index (χ2n) is 6.36. The average Bonchev–Trinajstić information content (AvgIpc) is 2.61. The molecule has 2 heteroatoms. The molecule has 1 nitrogen and oxygen atoms in total. The predicted octanol–water partition coefficient (Wildman–Crippen LogP) is 5.01. The van der Waals surface area contributed by atoms with Gasteiger partial charge in [0.25, 0.3) is 0 Å². The first kappa shape index (κ1) is 15.9. The van der Waals surface area contributed by atoms with E-state index in [0.29, 0.717) is 10.9 Å². The largest absolute Gasteiger partial charge is 0.385 e. The molecule has 1 N–H and O–H groups in total. The molecule has 22 heavy (non-hydrogen) atoms. The van der Waals surface area contributed by atoms with Crippen LogP contribution in [0.1, 0.15) is 51.5 Å². The lowest BCUT2D eigenvalue weighted by molar-refractivity contribution is 0.0298. The van der Waals surface area contributed by atoms with Crippen LogP contribution in [0.5, 0.6) is 0 Å². The van der Waals surface area contributed by atoms with Crippen LogP contribution in [0.2, 0.25) is 0 Å². The highest BCUT2D eigenvalue weighted by Gasteiger charge is 2.31. The minimum absolute atomic E-state index is 0.397. The van der Waals surface area contributed by atoms with Gasteiger partial charge < -0.3 is 5.11 Å². The molecule has 1 heterocycles. The highest BCUT2D eigenvalue weighted by atomic mass is 32.2. The molecule has 1 aliphatic heterocycles. The molecular weight excluding hydrogens is 288 g/mol. The molecule has 0 saturated carbocycles. The van der Waals surface area contributed by atoms with E-state index in [0.717, 1.165) is 18.4 Å². The molecule has 1 saturated heterocycles. The normalized spacial score (nSPS) is 17.0. The minimum Gasteiger partial charge on any atom is -0.385 e. The van der Waals surface area contributed by atoms with Gasteiger partial charge in [0.05, 0.1) is 5.60 Å². The summed E-state index contributed by atoms with van der Waals surface area (Å²) in [6.07, 6.45) is 5.65. The van der Waals surface area contributed by atoms with E-state index in [4.69, 9.17) is 0 Å². The number of rotatable bonds is 4. The summed E-state index contributed by atoms with van der Waals surface area (Å²) >= 11 is 0. The Morgan fingerprint density at radius 1 is 0.909 bits per heavy atom. The van der Waals surface area contributed by atoms with E-state index in [1.54, 1.807) is 0 Å². The summed E-state index contributed by atoms with van der Waals surface area (Å²) in [6.45, 7) is 4.16. The van der Waals surface area contributed by atoms with Crippen LogP contribution < -0.4 is 0 Å². The monoisotopic (exact) mass is 315 g/mol. The summed E-state index contributed by atoms with van der Waals surface area (Å²) < 4.78 is 0. The summed E-state index contributed by atoms with van der Waals surface area (Å²) in [5.74, 6) is 2.68. The predicted molar refractivity (Wildman–Crippen MR) is 97.6 cm³/mol. The molecule has 1 aliphatic rings. The van der Waals surface area contributed by atoms with Crippen molar-refractivity contribution in [1.29, 1.82) is 0 Å². The van der Waals surface area contributed by atoms with Crippen LogP contribution in [0.3, 0.4) is 0 Å². The van der Waals surface area contributed by atoms with Crippen LogP contribution in [0.25, 0.3) is 10.8 Å². The van der Waals surface area contributed by atoms with Gasteiger partial charge in [0.15, 0.2) is 4.90 Å². The summed E-state index contributed by atoms with van der Waals surface area (Å²) in [4.78, 5) is 1.52. The average molecular weight is 316 g/mol. The van der Waals surface area contributed by atoms with Crippen molar-refractivity contribution in [3.8, 4) is 0 Å². The number of hydrogen-bond donors (Lipinski definition) is 1. The third kappa shape index (κ3) is 2.79. The zero-order valence-corrected chi connectivity index (χ0v) is 14.6. The molecule has 118 valence electrons. The van der Waals surface area contributed by atoms with Gasteiger partial charge in [0.1, 0.15) is 11.5 Å².